The first-order valence-corrected chi connectivity index (χ1v) is 9.70. The van der Waals surface area contributed by atoms with Gasteiger partial charge in [-0.05, 0) is 64.7 Å². The molecule has 2 rings (SSSR count). The van der Waals surface area contributed by atoms with E-state index in [4.69, 9.17) is 0 Å². The van der Waals surface area contributed by atoms with E-state index in [1.165, 1.54) is 19.4 Å². The highest BCUT2D eigenvalue weighted by Crippen LogP contribution is 2.27. The summed E-state index contributed by atoms with van der Waals surface area (Å²) >= 11 is 0. The molecule has 6 heteroatoms. The second-order valence-corrected chi connectivity index (χ2v) is 7.97. The molecule has 0 radical (unpaired) electrons. The maximum atomic E-state index is 12.1. The lowest BCUT2D eigenvalue weighted by Gasteiger charge is -2.34. The van der Waals surface area contributed by atoms with E-state index in [1.807, 2.05) is 0 Å². The van der Waals surface area contributed by atoms with E-state index < -0.39 is 10.0 Å². The van der Waals surface area contributed by atoms with E-state index in [0.717, 1.165) is 38.9 Å². The van der Waals surface area contributed by atoms with Crippen LogP contribution in [-0.2, 0) is 10.0 Å². The average Bonchev–Trinajstić information content (AvgIpc) is 2.85. The lowest BCUT2D eigenvalue weighted by molar-refractivity contribution is 0.176. The zero-order chi connectivity index (χ0) is 14.4. The summed E-state index contributed by atoms with van der Waals surface area (Å²) in [6, 6.07) is 0.769. The van der Waals surface area contributed by atoms with Crippen molar-refractivity contribution >= 4 is 10.0 Å². The third-order valence-corrected chi connectivity index (χ3v) is 5.88. The molecule has 0 saturated carbocycles. The second-order valence-electron chi connectivity index (χ2n) is 6.09. The molecule has 0 aliphatic carbocycles. The Bertz CT molecular complexity index is 386. The minimum absolute atomic E-state index is 0.156. The molecule has 0 bridgehead atoms. The summed E-state index contributed by atoms with van der Waals surface area (Å²) < 4.78 is 27.1. The van der Waals surface area contributed by atoms with Crippen LogP contribution in [0.25, 0.3) is 0 Å². The molecule has 0 aromatic heterocycles. The minimum atomic E-state index is -3.11. The summed E-state index contributed by atoms with van der Waals surface area (Å²) in [5, 5.41) is 3.24. The number of sulfonamides is 1. The Morgan fingerprint density at radius 2 is 2.05 bits per heavy atom. The fourth-order valence-corrected chi connectivity index (χ4v) is 4.70. The molecule has 0 spiro atoms. The van der Waals surface area contributed by atoms with Gasteiger partial charge < -0.3 is 10.2 Å². The lowest BCUT2D eigenvalue weighted by Crippen LogP contribution is -2.47. The van der Waals surface area contributed by atoms with Crippen molar-refractivity contribution in [2.45, 2.75) is 57.5 Å². The lowest BCUT2D eigenvalue weighted by atomic mass is 9.99. The van der Waals surface area contributed by atoms with Gasteiger partial charge in [-0.25, -0.2) is 13.1 Å². The zero-order valence-electron chi connectivity index (χ0n) is 12.6. The van der Waals surface area contributed by atoms with Gasteiger partial charge in [0.25, 0.3) is 0 Å². The standard InChI is InChI=1S/C14H29N3O2S/c1-2-7-15-8-4-11-20(18,19)16-13-6-10-17-9-3-5-14(17)12-13/h13-16H,2-12H2,1H3. The van der Waals surface area contributed by atoms with Crippen molar-refractivity contribution in [2.75, 3.05) is 31.9 Å². The molecule has 5 nitrogen and oxygen atoms in total. The minimum Gasteiger partial charge on any atom is -0.317 e. The van der Waals surface area contributed by atoms with Gasteiger partial charge in [0.05, 0.1) is 5.75 Å². The van der Waals surface area contributed by atoms with Gasteiger partial charge in [0, 0.05) is 12.1 Å². The monoisotopic (exact) mass is 303 g/mol. The van der Waals surface area contributed by atoms with Crippen molar-refractivity contribution in [1.82, 2.24) is 14.9 Å². The predicted molar refractivity (Wildman–Crippen MR) is 82.3 cm³/mol. The van der Waals surface area contributed by atoms with E-state index in [2.05, 4.69) is 21.9 Å². The van der Waals surface area contributed by atoms with Gasteiger partial charge in [0.2, 0.25) is 10.0 Å². The van der Waals surface area contributed by atoms with Gasteiger partial charge in [-0.1, -0.05) is 6.92 Å². The third-order valence-electron chi connectivity index (χ3n) is 4.36. The number of fused-ring (bicyclic) bond motifs is 1. The van der Waals surface area contributed by atoms with Gasteiger partial charge in [0.1, 0.15) is 0 Å². The zero-order valence-corrected chi connectivity index (χ0v) is 13.4. The van der Waals surface area contributed by atoms with Gasteiger partial charge in [-0.15, -0.1) is 0 Å². The van der Waals surface area contributed by atoms with Gasteiger partial charge in [-0.3, -0.25) is 0 Å². The Morgan fingerprint density at radius 3 is 2.85 bits per heavy atom. The second kappa shape index (κ2) is 7.73. The molecule has 0 amide bonds. The molecule has 0 aromatic carbocycles. The summed E-state index contributed by atoms with van der Waals surface area (Å²) in [5.74, 6) is 0.245. The molecule has 2 saturated heterocycles. The van der Waals surface area contributed by atoms with Crippen LogP contribution in [0.15, 0.2) is 0 Å². The Morgan fingerprint density at radius 1 is 1.20 bits per heavy atom. The average molecular weight is 303 g/mol. The summed E-state index contributed by atoms with van der Waals surface area (Å²) in [6.45, 7) is 6.12. The van der Waals surface area contributed by atoms with Crippen molar-refractivity contribution in [1.29, 1.82) is 0 Å². The molecule has 2 N–H and O–H groups in total. The summed E-state index contributed by atoms with van der Waals surface area (Å²) in [4.78, 5) is 2.51. The van der Waals surface area contributed by atoms with Crippen LogP contribution in [0, 0.1) is 0 Å². The highest BCUT2D eigenvalue weighted by Gasteiger charge is 2.33. The molecule has 2 aliphatic heterocycles. The van der Waals surface area contributed by atoms with E-state index in [-0.39, 0.29) is 11.8 Å². The van der Waals surface area contributed by atoms with Crippen molar-refractivity contribution in [3.05, 3.63) is 0 Å². The van der Waals surface area contributed by atoms with Crippen LogP contribution in [-0.4, -0.2) is 57.3 Å². The molecule has 2 aliphatic rings. The summed E-state index contributed by atoms with van der Waals surface area (Å²) in [7, 11) is -3.11. The quantitative estimate of drug-likeness (QED) is 0.655. The molecular formula is C14H29N3O2S. The number of nitrogens with zero attached hydrogens (tertiary/aromatic N) is 1. The molecule has 2 fully saturated rings. The Kier molecular flexibility index (Phi) is 6.26. The normalized spacial score (nSPS) is 27.6. The Hall–Kier alpha value is -0.170. The SMILES string of the molecule is CCCNCCCS(=O)(=O)NC1CCN2CCCC2C1. The maximum Gasteiger partial charge on any atom is 0.211 e. The third kappa shape index (κ3) is 4.98. The Balaban J connectivity index is 1.68. The number of hydrogen-bond acceptors (Lipinski definition) is 4. The van der Waals surface area contributed by atoms with E-state index >= 15 is 0 Å². The van der Waals surface area contributed by atoms with Crippen molar-refractivity contribution in [2.24, 2.45) is 0 Å². The van der Waals surface area contributed by atoms with Crippen LogP contribution < -0.4 is 10.0 Å². The van der Waals surface area contributed by atoms with Crippen molar-refractivity contribution < 1.29 is 8.42 Å². The van der Waals surface area contributed by atoms with Crippen LogP contribution in [0.4, 0.5) is 0 Å². The van der Waals surface area contributed by atoms with E-state index in [0.29, 0.717) is 12.5 Å². The number of nitrogens with one attached hydrogen (secondary N) is 2. The van der Waals surface area contributed by atoms with E-state index in [1.54, 1.807) is 0 Å². The topological polar surface area (TPSA) is 61.4 Å². The maximum absolute atomic E-state index is 12.1. The summed E-state index contributed by atoms with van der Waals surface area (Å²) in [6.07, 6.45) is 6.24. The van der Waals surface area contributed by atoms with Crippen LogP contribution in [0.2, 0.25) is 0 Å². The largest absolute Gasteiger partial charge is 0.317 e. The fraction of sp³-hybridized carbons (Fsp3) is 1.00. The van der Waals surface area contributed by atoms with Crippen LogP contribution in [0.5, 0.6) is 0 Å². The molecular weight excluding hydrogens is 274 g/mol. The van der Waals surface area contributed by atoms with Gasteiger partial charge in [-0.2, -0.15) is 0 Å². The summed E-state index contributed by atoms with van der Waals surface area (Å²) in [5.41, 5.74) is 0. The molecule has 20 heavy (non-hydrogen) atoms. The highest BCUT2D eigenvalue weighted by atomic mass is 32.2. The molecule has 118 valence electrons. The first kappa shape index (κ1) is 16.2. The Labute approximate surface area is 123 Å². The van der Waals surface area contributed by atoms with E-state index in [9.17, 15) is 8.42 Å². The van der Waals surface area contributed by atoms with Crippen molar-refractivity contribution in [3.8, 4) is 0 Å². The first-order valence-electron chi connectivity index (χ1n) is 8.05. The molecule has 2 unspecified atom stereocenters. The van der Waals surface area contributed by atoms with Gasteiger partial charge >= 0.3 is 0 Å². The predicted octanol–water partition coefficient (Wildman–Crippen LogP) is 0.922. The molecule has 2 heterocycles. The number of rotatable bonds is 8. The van der Waals surface area contributed by atoms with Gasteiger partial charge in [0.15, 0.2) is 0 Å². The fourth-order valence-electron chi connectivity index (χ4n) is 3.33. The van der Waals surface area contributed by atoms with Crippen LogP contribution in [0.1, 0.15) is 45.4 Å². The molecule has 2 atom stereocenters. The smallest absolute Gasteiger partial charge is 0.211 e. The number of hydrogen-bond donors (Lipinski definition) is 2. The van der Waals surface area contributed by atoms with Crippen molar-refractivity contribution in [3.63, 3.8) is 0 Å². The van der Waals surface area contributed by atoms with Crippen LogP contribution in [0.3, 0.4) is 0 Å². The first-order chi connectivity index (χ1) is 9.61. The van der Waals surface area contributed by atoms with Crippen LogP contribution >= 0.6 is 0 Å². The number of piperidine rings is 1. The molecule has 0 aromatic rings. The highest BCUT2D eigenvalue weighted by molar-refractivity contribution is 7.89.